The van der Waals surface area contributed by atoms with E-state index in [1.165, 1.54) is 11.8 Å². The van der Waals surface area contributed by atoms with Gasteiger partial charge in [-0.15, -0.1) is 0 Å². The lowest BCUT2D eigenvalue weighted by atomic mass is 9.98. The number of aryl methyl sites for hydroxylation is 1. The number of rotatable bonds is 3. The van der Waals surface area contributed by atoms with Gasteiger partial charge < -0.3 is 20.0 Å². The Bertz CT molecular complexity index is 801. The molecule has 2 amide bonds. The number of para-hydroxylation sites is 1. The van der Waals surface area contributed by atoms with Gasteiger partial charge in [0.2, 0.25) is 0 Å². The number of hydrogen-bond acceptors (Lipinski definition) is 4. The number of furan rings is 1. The van der Waals surface area contributed by atoms with Gasteiger partial charge in [0.1, 0.15) is 0 Å². The van der Waals surface area contributed by atoms with Crippen molar-refractivity contribution in [2.24, 2.45) is 0 Å². The summed E-state index contributed by atoms with van der Waals surface area (Å²) in [6, 6.07) is 9.21. The molecule has 1 saturated heterocycles. The standard InChI is InChI=1S/C20H23N3O3/c24-19(16-8-1-5-14-6-2-10-21-18(14)16)22-15-7-3-11-23(13-15)20(25)17-9-4-12-26-17/h1,4-5,8-9,12,15,21H,2-3,6-7,10-11,13H2,(H,22,24). The molecule has 26 heavy (non-hydrogen) atoms. The van der Waals surface area contributed by atoms with Gasteiger partial charge in [-0.05, 0) is 49.4 Å². The van der Waals surface area contributed by atoms with Gasteiger partial charge in [-0.3, -0.25) is 9.59 Å². The Morgan fingerprint density at radius 2 is 2.12 bits per heavy atom. The number of nitrogens with zero attached hydrogens (tertiary/aromatic N) is 1. The highest BCUT2D eigenvalue weighted by Gasteiger charge is 2.27. The van der Waals surface area contributed by atoms with Crippen molar-refractivity contribution in [2.45, 2.75) is 31.7 Å². The average molecular weight is 353 g/mol. The van der Waals surface area contributed by atoms with Crippen LogP contribution in [0.15, 0.2) is 41.0 Å². The first-order chi connectivity index (χ1) is 12.7. The fourth-order valence-corrected chi connectivity index (χ4v) is 3.80. The second-order valence-corrected chi connectivity index (χ2v) is 6.91. The van der Waals surface area contributed by atoms with E-state index in [-0.39, 0.29) is 17.9 Å². The molecule has 4 rings (SSSR count). The molecule has 0 spiro atoms. The highest BCUT2D eigenvalue weighted by atomic mass is 16.3. The highest BCUT2D eigenvalue weighted by Crippen LogP contribution is 2.26. The number of benzene rings is 1. The predicted octanol–water partition coefficient (Wildman–Crippen LogP) is 2.67. The molecule has 1 fully saturated rings. The van der Waals surface area contributed by atoms with E-state index in [0.29, 0.717) is 24.4 Å². The summed E-state index contributed by atoms with van der Waals surface area (Å²) in [5.74, 6) is 0.152. The first kappa shape index (κ1) is 16.7. The number of nitrogens with one attached hydrogen (secondary N) is 2. The number of fused-ring (bicyclic) bond motifs is 1. The van der Waals surface area contributed by atoms with Crippen molar-refractivity contribution in [3.8, 4) is 0 Å². The molecular weight excluding hydrogens is 330 g/mol. The summed E-state index contributed by atoms with van der Waals surface area (Å²) < 4.78 is 5.21. The van der Waals surface area contributed by atoms with Crippen molar-refractivity contribution in [1.29, 1.82) is 0 Å². The molecule has 6 nitrogen and oxygen atoms in total. The summed E-state index contributed by atoms with van der Waals surface area (Å²) in [6.07, 6.45) is 5.32. The largest absolute Gasteiger partial charge is 0.459 e. The molecule has 1 atom stereocenters. The number of carbonyl (C=O) groups excluding carboxylic acids is 2. The fraction of sp³-hybridized carbons (Fsp3) is 0.400. The molecular formula is C20H23N3O3. The number of carbonyl (C=O) groups is 2. The van der Waals surface area contributed by atoms with Gasteiger partial charge in [0.05, 0.1) is 17.5 Å². The van der Waals surface area contributed by atoms with Crippen LogP contribution >= 0.6 is 0 Å². The monoisotopic (exact) mass is 353 g/mol. The molecule has 6 heteroatoms. The Morgan fingerprint density at radius 3 is 2.96 bits per heavy atom. The third kappa shape index (κ3) is 3.31. The topological polar surface area (TPSA) is 74.6 Å². The molecule has 2 aliphatic rings. The van der Waals surface area contributed by atoms with E-state index in [0.717, 1.165) is 37.9 Å². The summed E-state index contributed by atoms with van der Waals surface area (Å²) in [4.78, 5) is 27.0. The van der Waals surface area contributed by atoms with Gasteiger partial charge in [-0.2, -0.15) is 0 Å². The zero-order valence-electron chi connectivity index (χ0n) is 14.7. The number of amides is 2. The van der Waals surface area contributed by atoms with E-state index in [4.69, 9.17) is 4.42 Å². The third-order valence-electron chi connectivity index (χ3n) is 5.10. The smallest absolute Gasteiger partial charge is 0.289 e. The quantitative estimate of drug-likeness (QED) is 0.890. The van der Waals surface area contributed by atoms with Gasteiger partial charge >= 0.3 is 0 Å². The lowest BCUT2D eigenvalue weighted by Crippen LogP contribution is -2.49. The van der Waals surface area contributed by atoms with E-state index in [1.54, 1.807) is 17.0 Å². The lowest BCUT2D eigenvalue weighted by molar-refractivity contribution is 0.0647. The number of likely N-dealkylation sites (tertiary alicyclic amines) is 1. The number of anilines is 1. The first-order valence-corrected chi connectivity index (χ1v) is 9.22. The third-order valence-corrected chi connectivity index (χ3v) is 5.10. The van der Waals surface area contributed by atoms with Crippen molar-refractivity contribution >= 4 is 17.5 Å². The molecule has 0 aliphatic carbocycles. The van der Waals surface area contributed by atoms with Crippen molar-refractivity contribution in [1.82, 2.24) is 10.2 Å². The fourth-order valence-electron chi connectivity index (χ4n) is 3.80. The zero-order valence-corrected chi connectivity index (χ0v) is 14.7. The van der Waals surface area contributed by atoms with Crippen LogP contribution in [0.5, 0.6) is 0 Å². The van der Waals surface area contributed by atoms with Crippen LogP contribution in [0.2, 0.25) is 0 Å². The van der Waals surface area contributed by atoms with Crippen LogP contribution in [0.3, 0.4) is 0 Å². The molecule has 2 N–H and O–H groups in total. The van der Waals surface area contributed by atoms with Crippen LogP contribution in [-0.2, 0) is 6.42 Å². The minimum atomic E-state index is -0.118. The van der Waals surface area contributed by atoms with E-state index in [1.807, 2.05) is 12.1 Å². The maximum Gasteiger partial charge on any atom is 0.289 e. The van der Waals surface area contributed by atoms with Crippen molar-refractivity contribution in [3.63, 3.8) is 0 Å². The van der Waals surface area contributed by atoms with E-state index < -0.39 is 0 Å². The molecule has 1 aromatic heterocycles. The van der Waals surface area contributed by atoms with Gasteiger partial charge in [-0.25, -0.2) is 0 Å². The maximum atomic E-state index is 12.8. The Hall–Kier alpha value is -2.76. The maximum absolute atomic E-state index is 12.8. The summed E-state index contributed by atoms with van der Waals surface area (Å²) in [5, 5.41) is 6.47. The van der Waals surface area contributed by atoms with E-state index in [2.05, 4.69) is 16.7 Å². The molecule has 0 radical (unpaired) electrons. The van der Waals surface area contributed by atoms with Crippen molar-refractivity contribution in [2.75, 3.05) is 25.0 Å². The Balaban J connectivity index is 1.44. The molecule has 3 heterocycles. The van der Waals surface area contributed by atoms with Crippen LogP contribution in [0.1, 0.15) is 45.7 Å². The van der Waals surface area contributed by atoms with Crippen molar-refractivity contribution in [3.05, 3.63) is 53.5 Å². The summed E-state index contributed by atoms with van der Waals surface area (Å²) in [7, 11) is 0. The van der Waals surface area contributed by atoms with Crippen molar-refractivity contribution < 1.29 is 14.0 Å². The Kier molecular flexibility index (Phi) is 4.65. The molecule has 2 aromatic rings. The predicted molar refractivity (Wildman–Crippen MR) is 98.4 cm³/mol. The minimum absolute atomic E-state index is 0.0467. The van der Waals surface area contributed by atoms with Gasteiger partial charge in [0.25, 0.3) is 11.8 Å². The molecule has 0 saturated carbocycles. The first-order valence-electron chi connectivity index (χ1n) is 9.22. The van der Waals surface area contributed by atoms with Gasteiger partial charge in [0, 0.05) is 25.7 Å². The number of hydrogen-bond donors (Lipinski definition) is 2. The molecule has 1 aromatic carbocycles. The lowest BCUT2D eigenvalue weighted by Gasteiger charge is -2.33. The van der Waals surface area contributed by atoms with Crippen LogP contribution in [0.25, 0.3) is 0 Å². The SMILES string of the molecule is O=C(NC1CCCN(C(=O)c2ccco2)C1)c1cccc2c1NCCC2. The second kappa shape index (κ2) is 7.23. The van der Waals surface area contributed by atoms with Crippen LogP contribution < -0.4 is 10.6 Å². The average Bonchev–Trinajstić information content (AvgIpc) is 3.22. The molecule has 136 valence electrons. The zero-order chi connectivity index (χ0) is 17.9. The van der Waals surface area contributed by atoms with Crippen LogP contribution in [0.4, 0.5) is 5.69 Å². The van der Waals surface area contributed by atoms with Gasteiger partial charge in [0.15, 0.2) is 5.76 Å². The van der Waals surface area contributed by atoms with Crippen LogP contribution in [-0.4, -0.2) is 42.4 Å². The van der Waals surface area contributed by atoms with Gasteiger partial charge in [-0.1, -0.05) is 12.1 Å². The summed E-state index contributed by atoms with van der Waals surface area (Å²) >= 11 is 0. The summed E-state index contributed by atoms with van der Waals surface area (Å²) in [5.41, 5.74) is 2.84. The van der Waals surface area contributed by atoms with E-state index >= 15 is 0 Å². The van der Waals surface area contributed by atoms with E-state index in [9.17, 15) is 9.59 Å². The number of piperidine rings is 1. The Labute approximate surface area is 152 Å². The normalized spacial score (nSPS) is 19.4. The second-order valence-electron chi connectivity index (χ2n) is 6.91. The van der Waals surface area contributed by atoms with Crippen LogP contribution in [0, 0.1) is 0 Å². The molecule has 1 unspecified atom stereocenters. The molecule has 0 bridgehead atoms. The highest BCUT2D eigenvalue weighted by molar-refractivity contribution is 6.00. The summed E-state index contributed by atoms with van der Waals surface area (Å²) in [6.45, 7) is 2.09. The Morgan fingerprint density at radius 1 is 1.19 bits per heavy atom. The molecule has 2 aliphatic heterocycles. The minimum Gasteiger partial charge on any atom is -0.459 e.